The van der Waals surface area contributed by atoms with Crippen LogP contribution in [0.2, 0.25) is 0 Å². The summed E-state index contributed by atoms with van der Waals surface area (Å²) in [5, 5.41) is 3.66. The van der Waals surface area contributed by atoms with E-state index in [-0.39, 0.29) is 17.2 Å². The summed E-state index contributed by atoms with van der Waals surface area (Å²) in [5.41, 5.74) is 1.57. The molecule has 1 aromatic heterocycles. The lowest BCUT2D eigenvalue weighted by Gasteiger charge is -2.13. The Morgan fingerprint density at radius 3 is 2.62 bits per heavy atom. The van der Waals surface area contributed by atoms with Crippen molar-refractivity contribution in [3.63, 3.8) is 0 Å². The van der Waals surface area contributed by atoms with E-state index in [1.54, 1.807) is 13.2 Å². The number of carbonyl (C=O) groups excluding carboxylic acids is 2. The summed E-state index contributed by atoms with van der Waals surface area (Å²) in [6, 6.07) is 14.5. The second-order valence-electron chi connectivity index (χ2n) is 6.94. The predicted molar refractivity (Wildman–Crippen MR) is 123 cm³/mol. The summed E-state index contributed by atoms with van der Waals surface area (Å²) in [5.74, 6) is -0.553. The molecule has 168 valence electrons. The van der Waals surface area contributed by atoms with Gasteiger partial charge in [-0.3, -0.25) is 14.2 Å². The number of carbonyl (C=O) groups is 2. The van der Waals surface area contributed by atoms with Crippen LogP contribution in [0.5, 0.6) is 0 Å². The fourth-order valence-corrected chi connectivity index (χ4v) is 3.96. The number of amides is 1. The SMILES string of the molecule is COCCn1c(SCC(=O)NCCc2ccccc2)nc2cc(C(=O)OC)ccc2c1=O. The number of rotatable bonds is 10. The highest BCUT2D eigenvalue weighted by Crippen LogP contribution is 2.19. The summed E-state index contributed by atoms with van der Waals surface area (Å²) >= 11 is 1.17. The molecule has 0 saturated carbocycles. The van der Waals surface area contributed by atoms with Crippen LogP contribution in [0.25, 0.3) is 10.9 Å². The van der Waals surface area contributed by atoms with Crippen LogP contribution in [-0.4, -0.2) is 54.6 Å². The van der Waals surface area contributed by atoms with Gasteiger partial charge in [-0.2, -0.15) is 0 Å². The third-order valence-corrected chi connectivity index (χ3v) is 5.75. The molecule has 0 bridgehead atoms. The molecule has 0 spiro atoms. The minimum Gasteiger partial charge on any atom is -0.465 e. The molecule has 0 radical (unpaired) electrons. The van der Waals surface area contributed by atoms with Crippen LogP contribution in [0.4, 0.5) is 0 Å². The van der Waals surface area contributed by atoms with Gasteiger partial charge in [0, 0.05) is 13.7 Å². The molecule has 0 aliphatic heterocycles. The third-order valence-electron chi connectivity index (χ3n) is 4.77. The minimum atomic E-state index is -0.510. The van der Waals surface area contributed by atoms with Crippen molar-refractivity contribution in [3.8, 4) is 0 Å². The number of thioether (sulfide) groups is 1. The summed E-state index contributed by atoms with van der Waals surface area (Å²) in [7, 11) is 2.84. The number of ether oxygens (including phenoxy) is 2. The second kappa shape index (κ2) is 11.4. The van der Waals surface area contributed by atoms with Crippen LogP contribution >= 0.6 is 11.8 Å². The number of nitrogens with one attached hydrogen (secondary N) is 1. The molecule has 1 amide bonds. The molecule has 3 rings (SSSR count). The lowest BCUT2D eigenvalue weighted by atomic mass is 10.1. The molecule has 0 saturated heterocycles. The molecule has 3 aromatic rings. The Balaban J connectivity index is 1.75. The molecule has 8 nitrogen and oxygen atoms in total. The van der Waals surface area contributed by atoms with Crippen molar-refractivity contribution in [1.82, 2.24) is 14.9 Å². The molecule has 0 aliphatic rings. The first-order valence-corrected chi connectivity index (χ1v) is 11.1. The number of nitrogens with zero attached hydrogens (tertiary/aromatic N) is 2. The molecular weight excluding hydrogens is 430 g/mol. The smallest absolute Gasteiger partial charge is 0.337 e. The number of methoxy groups -OCH3 is 2. The molecule has 1 heterocycles. The molecule has 2 aromatic carbocycles. The van der Waals surface area contributed by atoms with Gasteiger partial charge in [-0.1, -0.05) is 42.1 Å². The number of benzene rings is 2. The lowest BCUT2D eigenvalue weighted by molar-refractivity contribution is -0.118. The van der Waals surface area contributed by atoms with Crippen molar-refractivity contribution in [3.05, 3.63) is 70.0 Å². The van der Waals surface area contributed by atoms with Gasteiger partial charge in [-0.25, -0.2) is 9.78 Å². The van der Waals surface area contributed by atoms with Crippen molar-refractivity contribution < 1.29 is 19.1 Å². The fourth-order valence-electron chi connectivity index (χ4n) is 3.11. The Morgan fingerprint density at radius 2 is 1.91 bits per heavy atom. The summed E-state index contributed by atoms with van der Waals surface area (Å²) < 4.78 is 11.4. The van der Waals surface area contributed by atoms with Crippen LogP contribution in [0, 0.1) is 0 Å². The van der Waals surface area contributed by atoms with Crippen molar-refractivity contribution >= 4 is 34.5 Å². The number of hydrogen-bond acceptors (Lipinski definition) is 7. The van der Waals surface area contributed by atoms with E-state index in [0.29, 0.717) is 41.3 Å². The zero-order chi connectivity index (χ0) is 22.9. The highest BCUT2D eigenvalue weighted by atomic mass is 32.2. The van der Waals surface area contributed by atoms with E-state index in [2.05, 4.69) is 10.3 Å². The highest BCUT2D eigenvalue weighted by molar-refractivity contribution is 7.99. The van der Waals surface area contributed by atoms with Gasteiger partial charge in [0.05, 0.1) is 42.5 Å². The summed E-state index contributed by atoms with van der Waals surface area (Å²) in [6.07, 6.45) is 0.736. The molecule has 0 atom stereocenters. The Hall–Kier alpha value is -3.17. The number of hydrogen-bond donors (Lipinski definition) is 1. The third kappa shape index (κ3) is 5.95. The standard InChI is InChI=1S/C23H25N3O5S/c1-30-13-12-26-21(28)18-9-8-17(22(29)31-2)14-19(18)25-23(26)32-15-20(27)24-11-10-16-6-4-3-5-7-16/h3-9,14H,10-13,15H2,1-2H3,(H,24,27). The van der Waals surface area contributed by atoms with Gasteiger partial charge < -0.3 is 14.8 Å². The molecule has 1 N–H and O–H groups in total. The fraction of sp³-hybridized carbons (Fsp3) is 0.304. The molecule has 0 aliphatic carbocycles. The van der Waals surface area contributed by atoms with E-state index in [1.165, 1.54) is 35.6 Å². The first-order valence-electron chi connectivity index (χ1n) is 10.1. The Bertz CT molecular complexity index is 1150. The van der Waals surface area contributed by atoms with E-state index >= 15 is 0 Å². The second-order valence-corrected chi connectivity index (χ2v) is 7.88. The predicted octanol–water partition coefficient (Wildman–Crippen LogP) is 2.28. The minimum absolute atomic E-state index is 0.108. The molecule has 32 heavy (non-hydrogen) atoms. The average Bonchev–Trinajstić information content (AvgIpc) is 2.82. The first-order chi connectivity index (χ1) is 15.5. The lowest BCUT2D eigenvalue weighted by Crippen LogP contribution is -2.29. The maximum atomic E-state index is 13.0. The first kappa shape index (κ1) is 23.5. The van der Waals surface area contributed by atoms with Crippen molar-refractivity contribution in [1.29, 1.82) is 0 Å². The highest BCUT2D eigenvalue weighted by Gasteiger charge is 2.15. The monoisotopic (exact) mass is 455 g/mol. The van der Waals surface area contributed by atoms with Crippen LogP contribution < -0.4 is 10.9 Å². The van der Waals surface area contributed by atoms with Crippen molar-refractivity contribution in [2.45, 2.75) is 18.1 Å². The van der Waals surface area contributed by atoms with Gasteiger partial charge in [0.25, 0.3) is 5.56 Å². The van der Waals surface area contributed by atoms with E-state index in [1.807, 2.05) is 30.3 Å². The van der Waals surface area contributed by atoms with E-state index in [9.17, 15) is 14.4 Å². The topological polar surface area (TPSA) is 99.5 Å². The van der Waals surface area contributed by atoms with Crippen LogP contribution in [0.1, 0.15) is 15.9 Å². The molecule has 0 fully saturated rings. The Labute approximate surface area is 189 Å². The molecule has 0 unspecified atom stereocenters. The van der Waals surface area contributed by atoms with Crippen LogP contribution in [-0.2, 0) is 27.2 Å². The Kier molecular flexibility index (Phi) is 8.41. The zero-order valence-electron chi connectivity index (χ0n) is 18.0. The van der Waals surface area contributed by atoms with Gasteiger partial charge in [0.1, 0.15) is 0 Å². The van der Waals surface area contributed by atoms with Crippen LogP contribution in [0.3, 0.4) is 0 Å². The van der Waals surface area contributed by atoms with E-state index in [4.69, 9.17) is 9.47 Å². The number of esters is 1. The van der Waals surface area contributed by atoms with Gasteiger partial charge in [-0.15, -0.1) is 0 Å². The zero-order valence-corrected chi connectivity index (χ0v) is 18.8. The Morgan fingerprint density at radius 1 is 1.12 bits per heavy atom. The number of aromatic nitrogens is 2. The van der Waals surface area contributed by atoms with E-state index in [0.717, 1.165) is 12.0 Å². The maximum absolute atomic E-state index is 13.0. The van der Waals surface area contributed by atoms with E-state index < -0.39 is 5.97 Å². The summed E-state index contributed by atoms with van der Waals surface area (Å²) in [4.78, 5) is 41.7. The summed E-state index contributed by atoms with van der Waals surface area (Å²) in [6.45, 7) is 1.15. The van der Waals surface area contributed by atoms with Gasteiger partial charge in [0.15, 0.2) is 5.16 Å². The van der Waals surface area contributed by atoms with Gasteiger partial charge in [-0.05, 0) is 30.2 Å². The molecule has 9 heteroatoms. The largest absolute Gasteiger partial charge is 0.465 e. The normalized spacial score (nSPS) is 10.8. The number of fused-ring (bicyclic) bond motifs is 1. The van der Waals surface area contributed by atoms with Gasteiger partial charge in [0.2, 0.25) is 5.91 Å². The van der Waals surface area contributed by atoms with Crippen molar-refractivity contribution in [2.75, 3.05) is 33.1 Å². The maximum Gasteiger partial charge on any atom is 0.337 e. The quantitative estimate of drug-likeness (QED) is 0.284. The van der Waals surface area contributed by atoms with Gasteiger partial charge >= 0.3 is 5.97 Å². The molecular formula is C23H25N3O5S. The van der Waals surface area contributed by atoms with Crippen molar-refractivity contribution in [2.24, 2.45) is 0 Å². The van der Waals surface area contributed by atoms with Crippen LogP contribution in [0.15, 0.2) is 58.5 Å². The average molecular weight is 456 g/mol.